The summed E-state index contributed by atoms with van der Waals surface area (Å²) in [6, 6.07) is 8.05. The van der Waals surface area contributed by atoms with Gasteiger partial charge in [0.25, 0.3) is 5.91 Å². The van der Waals surface area contributed by atoms with Crippen molar-refractivity contribution in [2.24, 2.45) is 0 Å². The average Bonchev–Trinajstić information content (AvgIpc) is 2.84. The van der Waals surface area contributed by atoms with Crippen LogP contribution in [-0.2, 0) is 6.61 Å². The molecule has 7 nitrogen and oxygen atoms in total. The van der Waals surface area contributed by atoms with Crippen molar-refractivity contribution in [3.8, 4) is 5.75 Å². The zero-order chi connectivity index (χ0) is 23.9. The highest BCUT2D eigenvalue weighted by Gasteiger charge is 2.26. The summed E-state index contributed by atoms with van der Waals surface area (Å²) >= 11 is 0. The van der Waals surface area contributed by atoms with Crippen molar-refractivity contribution in [2.45, 2.75) is 77.5 Å². The van der Waals surface area contributed by atoms with Gasteiger partial charge in [0.1, 0.15) is 12.4 Å². The van der Waals surface area contributed by atoms with E-state index < -0.39 is 0 Å². The number of hydrogen-bond acceptors (Lipinski definition) is 4. The molecule has 2 fully saturated rings. The standard InChI is InChI=1S/C27H36N4O3/c1-19-15-22(16-20(2)25(19)34-18-21-7-6-12-28-17-21)26(32)31-13-10-24(11-14-31)30-27(33)29-23-8-4-3-5-9-23/h6-7,12,15-17,23-24H,3-5,8-11,13-14,18H2,1-2H3,(H2,29,30,33). The molecule has 182 valence electrons. The molecule has 0 atom stereocenters. The lowest BCUT2D eigenvalue weighted by Crippen LogP contribution is -2.51. The fraction of sp³-hybridized carbons (Fsp3) is 0.519. The van der Waals surface area contributed by atoms with Crippen molar-refractivity contribution in [1.82, 2.24) is 20.5 Å². The van der Waals surface area contributed by atoms with Crippen molar-refractivity contribution in [3.05, 3.63) is 58.9 Å². The number of ether oxygens (including phenoxy) is 1. The maximum absolute atomic E-state index is 13.2. The summed E-state index contributed by atoms with van der Waals surface area (Å²) in [6.07, 6.45) is 10.9. The van der Waals surface area contributed by atoms with Crippen molar-refractivity contribution in [2.75, 3.05) is 13.1 Å². The van der Waals surface area contributed by atoms with Crippen molar-refractivity contribution < 1.29 is 14.3 Å². The monoisotopic (exact) mass is 464 g/mol. The molecular weight excluding hydrogens is 428 g/mol. The van der Waals surface area contributed by atoms with Crippen LogP contribution >= 0.6 is 0 Å². The lowest BCUT2D eigenvalue weighted by atomic mass is 9.96. The van der Waals surface area contributed by atoms with Gasteiger partial charge >= 0.3 is 6.03 Å². The first-order chi connectivity index (χ1) is 16.5. The molecule has 0 spiro atoms. The summed E-state index contributed by atoms with van der Waals surface area (Å²) in [4.78, 5) is 31.5. The van der Waals surface area contributed by atoms with E-state index in [4.69, 9.17) is 4.74 Å². The Morgan fingerprint density at radius 2 is 1.65 bits per heavy atom. The molecule has 1 saturated heterocycles. The number of carbonyl (C=O) groups excluding carboxylic acids is 2. The minimum absolute atomic E-state index is 0.0371. The van der Waals surface area contributed by atoms with Crippen molar-refractivity contribution >= 4 is 11.9 Å². The Bertz CT molecular complexity index is 958. The molecule has 1 aromatic carbocycles. The van der Waals surface area contributed by atoms with Crippen molar-refractivity contribution in [3.63, 3.8) is 0 Å². The lowest BCUT2D eigenvalue weighted by molar-refractivity contribution is 0.0708. The first-order valence-corrected chi connectivity index (χ1v) is 12.5. The molecule has 2 aliphatic rings. The molecule has 7 heteroatoms. The SMILES string of the molecule is Cc1cc(C(=O)N2CCC(NC(=O)NC3CCCCC3)CC2)cc(C)c1OCc1cccnc1. The van der Waals surface area contributed by atoms with Gasteiger partial charge in [-0.05, 0) is 68.9 Å². The molecule has 2 aromatic rings. The van der Waals surface area contributed by atoms with Gasteiger partial charge in [0, 0.05) is 48.7 Å². The van der Waals surface area contributed by atoms with E-state index in [1.807, 2.05) is 43.0 Å². The van der Waals surface area contributed by atoms with Gasteiger partial charge in [-0.15, -0.1) is 0 Å². The quantitative estimate of drug-likeness (QED) is 0.659. The molecule has 2 heterocycles. The lowest BCUT2D eigenvalue weighted by Gasteiger charge is -2.33. The van der Waals surface area contributed by atoms with E-state index in [1.165, 1.54) is 19.3 Å². The molecule has 1 aliphatic carbocycles. The maximum atomic E-state index is 13.2. The molecule has 4 rings (SSSR count). The van der Waals surface area contributed by atoms with Crippen molar-refractivity contribution in [1.29, 1.82) is 0 Å². The molecule has 1 saturated carbocycles. The number of urea groups is 1. The third-order valence-corrected chi connectivity index (χ3v) is 6.87. The number of carbonyl (C=O) groups is 2. The fourth-order valence-corrected chi connectivity index (χ4v) is 5.01. The third-order valence-electron chi connectivity index (χ3n) is 6.87. The predicted molar refractivity (Wildman–Crippen MR) is 132 cm³/mol. The maximum Gasteiger partial charge on any atom is 0.315 e. The van der Waals surface area contributed by atoms with Gasteiger partial charge in [-0.25, -0.2) is 4.79 Å². The second kappa shape index (κ2) is 11.4. The summed E-state index contributed by atoms with van der Waals surface area (Å²) in [6.45, 7) is 5.68. The second-order valence-electron chi connectivity index (χ2n) is 9.61. The number of benzene rings is 1. The molecule has 34 heavy (non-hydrogen) atoms. The van der Waals surface area contributed by atoms with Gasteiger partial charge < -0.3 is 20.3 Å². The number of pyridine rings is 1. The highest BCUT2D eigenvalue weighted by molar-refractivity contribution is 5.95. The fourth-order valence-electron chi connectivity index (χ4n) is 5.01. The number of aryl methyl sites for hydroxylation is 2. The molecule has 1 aliphatic heterocycles. The molecule has 0 unspecified atom stereocenters. The van der Waals surface area contributed by atoms with Crippen LogP contribution in [0, 0.1) is 13.8 Å². The van der Waals surface area contributed by atoms with E-state index in [0.717, 1.165) is 48.1 Å². The van der Waals surface area contributed by atoms with Crippen LogP contribution in [0.15, 0.2) is 36.7 Å². The first kappa shape index (κ1) is 24.0. The smallest absolute Gasteiger partial charge is 0.315 e. The van der Waals surface area contributed by atoms with E-state index in [9.17, 15) is 9.59 Å². The van der Waals surface area contributed by atoms with E-state index in [-0.39, 0.29) is 18.0 Å². The Balaban J connectivity index is 1.28. The van der Waals surface area contributed by atoms with Gasteiger partial charge in [-0.1, -0.05) is 25.3 Å². The Kier molecular flexibility index (Phi) is 8.03. The highest BCUT2D eigenvalue weighted by atomic mass is 16.5. The summed E-state index contributed by atoms with van der Waals surface area (Å²) in [5.74, 6) is 0.849. The average molecular weight is 465 g/mol. The van der Waals surface area contributed by atoms with Crippen LogP contribution in [0.1, 0.15) is 72.0 Å². The largest absolute Gasteiger partial charge is 0.488 e. The van der Waals surface area contributed by atoms with E-state index >= 15 is 0 Å². The summed E-state index contributed by atoms with van der Waals surface area (Å²) in [5, 5.41) is 6.23. The summed E-state index contributed by atoms with van der Waals surface area (Å²) in [7, 11) is 0. The van der Waals surface area contributed by atoms with E-state index in [0.29, 0.717) is 31.3 Å². The Morgan fingerprint density at radius 1 is 1.00 bits per heavy atom. The Hall–Kier alpha value is -3.09. The van der Waals surface area contributed by atoms with E-state index in [2.05, 4.69) is 15.6 Å². The van der Waals surface area contributed by atoms with Gasteiger partial charge in [0.2, 0.25) is 0 Å². The number of nitrogens with one attached hydrogen (secondary N) is 2. The minimum Gasteiger partial charge on any atom is -0.488 e. The van der Waals surface area contributed by atoms with Crippen LogP contribution in [0.25, 0.3) is 0 Å². The number of likely N-dealkylation sites (tertiary alicyclic amines) is 1. The number of piperidine rings is 1. The van der Waals surface area contributed by atoms with Gasteiger partial charge in [-0.2, -0.15) is 0 Å². The van der Waals surface area contributed by atoms with Crippen LogP contribution in [0.4, 0.5) is 4.79 Å². The van der Waals surface area contributed by atoms with E-state index in [1.54, 1.807) is 12.4 Å². The van der Waals surface area contributed by atoms with Crippen LogP contribution in [-0.4, -0.2) is 47.0 Å². The number of nitrogens with zero attached hydrogens (tertiary/aromatic N) is 2. The zero-order valence-corrected chi connectivity index (χ0v) is 20.3. The van der Waals surface area contributed by atoms with Crippen LogP contribution in [0.2, 0.25) is 0 Å². The number of aromatic nitrogens is 1. The van der Waals surface area contributed by atoms with Gasteiger partial charge in [0.05, 0.1) is 0 Å². The Morgan fingerprint density at radius 3 is 2.26 bits per heavy atom. The van der Waals surface area contributed by atoms with Crippen LogP contribution in [0.3, 0.4) is 0 Å². The molecule has 3 amide bonds. The van der Waals surface area contributed by atoms with Crippen LogP contribution < -0.4 is 15.4 Å². The molecular formula is C27H36N4O3. The highest BCUT2D eigenvalue weighted by Crippen LogP contribution is 2.27. The summed E-state index contributed by atoms with van der Waals surface area (Å²) < 4.78 is 6.03. The Labute approximate surface area is 202 Å². The number of rotatable bonds is 6. The predicted octanol–water partition coefficient (Wildman–Crippen LogP) is 4.51. The molecule has 0 bridgehead atoms. The topological polar surface area (TPSA) is 83.6 Å². The number of hydrogen-bond donors (Lipinski definition) is 2. The second-order valence-corrected chi connectivity index (χ2v) is 9.61. The van der Waals surface area contributed by atoms with Gasteiger partial charge in [-0.3, -0.25) is 9.78 Å². The number of amides is 3. The molecule has 1 aromatic heterocycles. The third kappa shape index (κ3) is 6.27. The molecule has 2 N–H and O–H groups in total. The van der Waals surface area contributed by atoms with Gasteiger partial charge in [0.15, 0.2) is 0 Å². The van der Waals surface area contributed by atoms with Crippen LogP contribution in [0.5, 0.6) is 5.75 Å². The summed E-state index contributed by atoms with van der Waals surface area (Å²) in [5.41, 5.74) is 3.59. The normalized spacial score (nSPS) is 17.3. The minimum atomic E-state index is -0.0650. The molecule has 0 radical (unpaired) electrons. The zero-order valence-electron chi connectivity index (χ0n) is 20.3. The first-order valence-electron chi connectivity index (χ1n) is 12.5.